The Morgan fingerprint density at radius 2 is 2.25 bits per heavy atom. The van der Waals surface area contributed by atoms with Crippen LogP contribution in [0.15, 0.2) is 0 Å². The van der Waals surface area contributed by atoms with Gasteiger partial charge in [-0.1, -0.05) is 0 Å². The smallest absolute Gasteiger partial charge is 0.160 e. The molecule has 4 heteroatoms. The Morgan fingerprint density at radius 1 is 1.58 bits per heavy atom. The third kappa shape index (κ3) is 1.95. The van der Waals surface area contributed by atoms with Crippen LogP contribution in [0.2, 0.25) is 0 Å². The summed E-state index contributed by atoms with van der Waals surface area (Å²) < 4.78 is 10.5. The lowest BCUT2D eigenvalue weighted by molar-refractivity contribution is -0.209. The zero-order chi connectivity index (χ0) is 9.14. The lowest BCUT2D eigenvalue weighted by Gasteiger charge is -2.37. The monoisotopic (exact) mass is 175 g/mol. The van der Waals surface area contributed by atoms with Crippen molar-refractivity contribution in [3.63, 3.8) is 0 Å². The fraction of sp³-hybridized carbons (Fsp3) is 1.00. The Labute approximate surface area is 72.9 Å². The molecule has 1 rings (SSSR count). The number of ether oxygens (including phenoxy) is 2. The summed E-state index contributed by atoms with van der Waals surface area (Å²) in [6.07, 6.45) is -0.126. The molecule has 1 heterocycles. The molecule has 1 saturated heterocycles. The van der Waals surface area contributed by atoms with Crippen molar-refractivity contribution < 1.29 is 14.6 Å². The number of likely N-dealkylation sites (N-methyl/N-ethyl adjacent to an activating group) is 1. The molecule has 1 fully saturated rings. The van der Waals surface area contributed by atoms with Gasteiger partial charge in [0.05, 0.1) is 18.2 Å². The van der Waals surface area contributed by atoms with Crippen LogP contribution in [0.3, 0.4) is 0 Å². The molecule has 0 radical (unpaired) electrons. The molecule has 4 nitrogen and oxygen atoms in total. The van der Waals surface area contributed by atoms with Crippen molar-refractivity contribution in [1.29, 1.82) is 0 Å². The van der Waals surface area contributed by atoms with Crippen molar-refractivity contribution in [3.05, 3.63) is 0 Å². The maximum absolute atomic E-state index is 9.62. The molecule has 2 N–H and O–H groups in total. The van der Waals surface area contributed by atoms with Gasteiger partial charge in [0.1, 0.15) is 0 Å². The summed E-state index contributed by atoms with van der Waals surface area (Å²) in [7, 11) is 3.41. The second-order valence-electron chi connectivity index (χ2n) is 3.12. The van der Waals surface area contributed by atoms with Crippen LogP contribution in [0.5, 0.6) is 0 Å². The van der Waals surface area contributed by atoms with E-state index in [4.69, 9.17) is 9.47 Å². The summed E-state index contributed by atoms with van der Waals surface area (Å²) >= 11 is 0. The minimum Gasteiger partial charge on any atom is -0.391 e. The number of methoxy groups -OCH3 is 1. The van der Waals surface area contributed by atoms with Crippen molar-refractivity contribution in [2.24, 2.45) is 0 Å². The van der Waals surface area contributed by atoms with E-state index in [0.717, 1.165) is 0 Å². The normalized spacial score (nSPS) is 43.0. The number of aliphatic hydroxyl groups excluding tert-OH is 1. The van der Waals surface area contributed by atoms with Crippen LogP contribution in [0, 0.1) is 0 Å². The molecule has 72 valence electrons. The molecule has 0 bridgehead atoms. The Kier molecular flexibility index (Phi) is 3.46. The number of aliphatic hydroxyl groups is 1. The van der Waals surface area contributed by atoms with E-state index in [-0.39, 0.29) is 24.5 Å². The topological polar surface area (TPSA) is 50.7 Å². The van der Waals surface area contributed by atoms with E-state index in [1.165, 1.54) is 0 Å². The van der Waals surface area contributed by atoms with Gasteiger partial charge in [0.2, 0.25) is 0 Å². The first-order chi connectivity index (χ1) is 5.69. The highest BCUT2D eigenvalue weighted by Gasteiger charge is 2.34. The van der Waals surface area contributed by atoms with E-state index >= 15 is 0 Å². The molecule has 4 atom stereocenters. The van der Waals surface area contributed by atoms with Crippen molar-refractivity contribution in [1.82, 2.24) is 5.32 Å². The van der Waals surface area contributed by atoms with Gasteiger partial charge in [-0.15, -0.1) is 0 Å². The van der Waals surface area contributed by atoms with Crippen LogP contribution in [0.4, 0.5) is 0 Å². The molecular formula is C8H17NO3. The fourth-order valence-corrected chi connectivity index (χ4v) is 1.62. The zero-order valence-electron chi connectivity index (χ0n) is 7.78. The van der Waals surface area contributed by atoms with Gasteiger partial charge in [-0.05, 0) is 14.0 Å². The maximum atomic E-state index is 9.62. The van der Waals surface area contributed by atoms with Crippen LogP contribution < -0.4 is 5.32 Å². The van der Waals surface area contributed by atoms with Crippen LogP contribution >= 0.6 is 0 Å². The Hall–Kier alpha value is -0.160. The predicted octanol–water partition coefficient (Wildman–Crippen LogP) is -0.283. The SMILES string of the molecule is CNC1C(O)CC(OC)OC1C. The Balaban J connectivity index is 2.51. The lowest BCUT2D eigenvalue weighted by Crippen LogP contribution is -2.53. The molecule has 1 aliphatic rings. The molecule has 0 saturated carbocycles. The zero-order valence-corrected chi connectivity index (χ0v) is 7.78. The average molecular weight is 175 g/mol. The fourth-order valence-electron chi connectivity index (χ4n) is 1.62. The molecule has 0 aromatic heterocycles. The molecule has 0 aromatic carbocycles. The van der Waals surface area contributed by atoms with Crippen molar-refractivity contribution >= 4 is 0 Å². The van der Waals surface area contributed by atoms with Crippen LogP contribution in [0.25, 0.3) is 0 Å². The molecule has 1 aliphatic heterocycles. The first kappa shape index (κ1) is 9.92. The summed E-state index contributed by atoms with van der Waals surface area (Å²) in [4.78, 5) is 0. The molecule has 0 spiro atoms. The summed E-state index contributed by atoms with van der Waals surface area (Å²) in [5.74, 6) is 0. The van der Waals surface area contributed by atoms with E-state index in [9.17, 15) is 5.11 Å². The number of rotatable bonds is 2. The van der Waals surface area contributed by atoms with E-state index in [1.54, 1.807) is 7.11 Å². The van der Waals surface area contributed by atoms with Gasteiger partial charge >= 0.3 is 0 Å². The van der Waals surface area contributed by atoms with Gasteiger partial charge in [0.15, 0.2) is 6.29 Å². The first-order valence-corrected chi connectivity index (χ1v) is 4.22. The van der Waals surface area contributed by atoms with Gasteiger partial charge in [0, 0.05) is 13.5 Å². The second kappa shape index (κ2) is 4.18. The highest BCUT2D eigenvalue weighted by Crippen LogP contribution is 2.19. The summed E-state index contributed by atoms with van der Waals surface area (Å²) in [5, 5.41) is 12.6. The second-order valence-corrected chi connectivity index (χ2v) is 3.12. The van der Waals surface area contributed by atoms with Gasteiger partial charge in [-0.25, -0.2) is 0 Å². The van der Waals surface area contributed by atoms with E-state index in [0.29, 0.717) is 6.42 Å². The van der Waals surface area contributed by atoms with Gasteiger partial charge in [-0.3, -0.25) is 0 Å². The van der Waals surface area contributed by atoms with Crippen molar-refractivity contribution in [3.8, 4) is 0 Å². The molecule has 12 heavy (non-hydrogen) atoms. The van der Waals surface area contributed by atoms with Crippen LogP contribution in [0.1, 0.15) is 13.3 Å². The minimum atomic E-state index is -0.385. The number of hydrogen-bond acceptors (Lipinski definition) is 4. The van der Waals surface area contributed by atoms with Crippen molar-refractivity contribution in [2.45, 2.75) is 37.9 Å². The summed E-state index contributed by atoms with van der Waals surface area (Å²) in [6.45, 7) is 1.93. The van der Waals surface area contributed by atoms with Crippen LogP contribution in [-0.2, 0) is 9.47 Å². The highest BCUT2D eigenvalue weighted by atomic mass is 16.7. The molecule has 0 amide bonds. The molecule has 0 aromatic rings. The average Bonchev–Trinajstić information content (AvgIpc) is 2.03. The summed E-state index contributed by atoms with van der Waals surface area (Å²) in [6, 6.07) is 0.0106. The molecule has 4 unspecified atom stereocenters. The quantitative estimate of drug-likeness (QED) is 0.606. The minimum absolute atomic E-state index is 0.0105. The standard InChI is InChI=1S/C8H17NO3/c1-5-8(9-2)6(10)4-7(11-3)12-5/h5-10H,4H2,1-3H3. The predicted molar refractivity (Wildman–Crippen MR) is 44.8 cm³/mol. The Morgan fingerprint density at radius 3 is 2.67 bits per heavy atom. The largest absolute Gasteiger partial charge is 0.391 e. The highest BCUT2D eigenvalue weighted by molar-refractivity contribution is 4.85. The third-order valence-electron chi connectivity index (χ3n) is 2.32. The van der Waals surface area contributed by atoms with Gasteiger partial charge < -0.3 is 19.9 Å². The van der Waals surface area contributed by atoms with Gasteiger partial charge in [0.25, 0.3) is 0 Å². The third-order valence-corrected chi connectivity index (χ3v) is 2.32. The van der Waals surface area contributed by atoms with E-state index < -0.39 is 0 Å². The lowest BCUT2D eigenvalue weighted by atomic mass is 10.00. The Bertz CT molecular complexity index is 130. The number of hydrogen-bond donors (Lipinski definition) is 2. The van der Waals surface area contributed by atoms with Crippen LogP contribution in [-0.4, -0.2) is 43.8 Å². The number of nitrogens with one attached hydrogen (secondary N) is 1. The summed E-state index contributed by atoms with van der Waals surface area (Å²) in [5.41, 5.74) is 0. The van der Waals surface area contributed by atoms with E-state index in [2.05, 4.69) is 5.32 Å². The van der Waals surface area contributed by atoms with Gasteiger partial charge in [-0.2, -0.15) is 0 Å². The maximum Gasteiger partial charge on any atom is 0.160 e. The first-order valence-electron chi connectivity index (χ1n) is 4.22. The molecular weight excluding hydrogens is 158 g/mol. The van der Waals surface area contributed by atoms with Crippen molar-refractivity contribution in [2.75, 3.05) is 14.2 Å². The van der Waals surface area contributed by atoms with E-state index in [1.807, 2.05) is 14.0 Å². The molecule has 0 aliphatic carbocycles.